The Balaban J connectivity index is 2.15. The molecule has 0 bridgehead atoms. The van der Waals surface area contributed by atoms with Crippen LogP contribution < -0.4 is 10.1 Å². The fourth-order valence-electron chi connectivity index (χ4n) is 2.39. The van der Waals surface area contributed by atoms with Gasteiger partial charge in [-0.2, -0.15) is 5.26 Å². The fourth-order valence-corrected chi connectivity index (χ4v) is 2.39. The first-order chi connectivity index (χ1) is 11.3. The molecule has 0 saturated heterocycles. The van der Waals surface area contributed by atoms with Gasteiger partial charge in [0.1, 0.15) is 11.8 Å². The van der Waals surface area contributed by atoms with Crippen molar-refractivity contribution in [3.63, 3.8) is 0 Å². The molecular formula is C20H22N2O2. The van der Waals surface area contributed by atoms with Crippen molar-refractivity contribution in [1.82, 2.24) is 0 Å². The van der Waals surface area contributed by atoms with E-state index in [1.807, 2.05) is 24.3 Å². The highest BCUT2D eigenvalue weighted by atomic mass is 16.5. The lowest BCUT2D eigenvalue weighted by atomic mass is 9.86. The van der Waals surface area contributed by atoms with Crippen molar-refractivity contribution in [1.29, 1.82) is 5.26 Å². The number of rotatable bonds is 4. The summed E-state index contributed by atoms with van der Waals surface area (Å²) in [6.07, 6.45) is -0.715. The van der Waals surface area contributed by atoms with Gasteiger partial charge in [0.15, 0.2) is 6.10 Å². The average molecular weight is 322 g/mol. The van der Waals surface area contributed by atoms with E-state index in [9.17, 15) is 4.79 Å². The number of nitrogens with one attached hydrogen (secondary N) is 1. The monoisotopic (exact) mass is 322 g/mol. The van der Waals surface area contributed by atoms with Crippen LogP contribution in [0.5, 0.6) is 5.75 Å². The molecule has 124 valence electrons. The van der Waals surface area contributed by atoms with Crippen molar-refractivity contribution in [3.8, 4) is 11.8 Å². The molecule has 0 aliphatic heterocycles. The highest BCUT2D eigenvalue weighted by molar-refractivity contribution is 5.95. The SMILES string of the molecule is CC(Oc1ccccc1C#N)C(=O)Nc1ccccc1C(C)(C)C. The molecule has 0 spiro atoms. The Labute approximate surface area is 143 Å². The first-order valence-corrected chi connectivity index (χ1v) is 7.89. The van der Waals surface area contributed by atoms with Crippen molar-refractivity contribution in [3.05, 3.63) is 59.7 Å². The third-order valence-corrected chi connectivity index (χ3v) is 3.67. The maximum Gasteiger partial charge on any atom is 0.265 e. The number of benzene rings is 2. The lowest BCUT2D eigenvalue weighted by Gasteiger charge is -2.24. The minimum absolute atomic E-state index is 0.0820. The zero-order chi connectivity index (χ0) is 17.7. The summed E-state index contributed by atoms with van der Waals surface area (Å²) in [5.41, 5.74) is 2.16. The van der Waals surface area contributed by atoms with Gasteiger partial charge in [-0.05, 0) is 36.1 Å². The average Bonchev–Trinajstić information content (AvgIpc) is 2.54. The predicted molar refractivity (Wildman–Crippen MR) is 95.0 cm³/mol. The summed E-state index contributed by atoms with van der Waals surface area (Å²) < 4.78 is 5.66. The molecule has 0 saturated carbocycles. The Kier molecular flexibility index (Phi) is 5.25. The predicted octanol–water partition coefficient (Wildman–Crippen LogP) is 4.26. The van der Waals surface area contributed by atoms with E-state index in [2.05, 4.69) is 32.2 Å². The van der Waals surface area contributed by atoms with Crippen molar-refractivity contribution in [2.24, 2.45) is 0 Å². The standard InChI is InChI=1S/C20H22N2O2/c1-14(24-18-12-8-5-9-15(18)13-21)19(23)22-17-11-7-6-10-16(17)20(2,3)4/h5-12,14H,1-4H3,(H,22,23). The minimum atomic E-state index is -0.715. The zero-order valence-corrected chi connectivity index (χ0v) is 14.5. The van der Waals surface area contributed by atoms with Crippen molar-refractivity contribution in [2.45, 2.75) is 39.2 Å². The van der Waals surface area contributed by atoms with Gasteiger partial charge in [0.2, 0.25) is 0 Å². The number of nitriles is 1. The van der Waals surface area contributed by atoms with Gasteiger partial charge in [0.25, 0.3) is 5.91 Å². The van der Waals surface area contributed by atoms with E-state index >= 15 is 0 Å². The molecule has 1 atom stereocenters. The van der Waals surface area contributed by atoms with Gasteiger partial charge in [-0.1, -0.05) is 51.1 Å². The molecule has 0 aromatic heterocycles. The number of nitrogens with zero attached hydrogens (tertiary/aromatic N) is 1. The number of para-hydroxylation sites is 2. The second-order valence-electron chi connectivity index (χ2n) is 6.65. The maximum absolute atomic E-state index is 12.5. The van der Waals surface area contributed by atoms with Gasteiger partial charge in [0.05, 0.1) is 5.56 Å². The molecule has 2 aromatic carbocycles. The summed E-state index contributed by atoms with van der Waals surface area (Å²) in [6.45, 7) is 7.96. The largest absolute Gasteiger partial charge is 0.480 e. The van der Waals surface area contributed by atoms with E-state index in [4.69, 9.17) is 10.00 Å². The summed E-state index contributed by atoms with van der Waals surface area (Å²) in [6, 6.07) is 16.7. The normalized spacial score (nSPS) is 12.1. The summed E-state index contributed by atoms with van der Waals surface area (Å²) in [5.74, 6) is 0.159. The van der Waals surface area contributed by atoms with Crippen LogP contribution in [0, 0.1) is 11.3 Å². The third-order valence-electron chi connectivity index (χ3n) is 3.67. The van der Waals surface area contributed by atoms with Crippen LogP contribution in [0.4, 0.5) is 5.69 Å². The Bertz CT molecular complexity index is 770. The van der Waals surface area contributed by atoms with Gasteiger partial charge in [-0.25, -0.2) is 0 Å². The molecule has 1 unspecified atom stereocenters. The highest BCUT2D eigenvalue weighted by Crippen LogP contribution is 2.29. The summed E-state index contributed by atoms with van der Waals surface area (Å²) in [4.78, 5) is 12.5. The molecule has 2 rings (SSSR count). The van der Waals surface area contributed by atoms with Gasteiger partial charge in [-0.15, -0.1) is 0 Å². The van der Waals surface area contributed by atoms with Crippen LogP contribution in [-0.4, -0.2) is 12.0 Å². The maximum atomic E-state index is 12.5. The molecule has 24 heavy (non-hydrogen) atoms. The molecule has 0 fully saturated rings. The number of anilines is 1. The van der Waals surface area contributed by atoms with Crippen LogP contribution in [0.2, 0.25) is 0 Å². The van der Waals surface area contributed by atoms with Gasteiger partial charge in [-0.3, -0.25) is 4.79 Å². The Morgan fingerprint density at radius 2 is 1.75 bits per heavy atom. The van der Waals surface area contributed by atoms with Crippen LogP contribution in [0.15, 0.2) is 48.5 Å². The molecular weight excluding hydrogens is 300 g/mol. The topological polar surface area (TPSA) is 62.1 Å². The first-order valence-electron chi connectivity index (χ1n) is 7.89. The van der Waals surface area contributed by atoms with E-state index in [0.717, 1.165) is 11.3 Å². The molecule has 0 heterocycles. The molecule has 2 aromatic rings. The summed E-state index contributed by atoms with van der Waals surface area (Å²) >= 11 is 0. The molecule has 4 heteroatoms. The number of carbonyl (C=O) groups excluding carboxylic acids is 1. The Morgan fingerprint density at radius 1 is 1.12 bits per heavy atom. The summed E-state index contributed by atoms with van der Waals surface area (Å²) in [7, 11) is 0. The highest BCUT2D eigenvalue weighted by Gasteiger charge is 2.21. The van der Waals surface area contributed by atoms with Crippen LogP contribution >= 0.6 is 0 Å². The lowest BCUT2D eigenvalue weighted by Crippen LogP contribution is -2.31. The molecule has 4 nitrogen and oxygen atoms in total. The van der Waals surface area contributed by atoms with Crippen molar-refractivity contribution >= 4 is 11.6 Å². The van der Waals surface area contributed by atoms with Crippen LogP contribution in [0.1, 0.15) is 38.8 Å². The van der Waals surface area contributed by atoms with Gasteiger partial charge < -0.3 is 10.1 Å². The molecule has 1 amide bonds. The first kappa shape index (κ1) is 17.6. The fraction of sp³-hybridized carbons (Fsp3) is 0.300. The van der Waals surface area contributed by atoms with Crippen molar-refractivity contribution < 1.29 is 9.53 Å². The smallest absolute Gasteiger partial charge is 0.265 e. The second kappa shape index (κ2) is 7.18. The Hall–Kier alpha value is -2.80. The molecule has 0 radical (unpaired) electrons. The van der Waals surface area contributed by atoms with Crippen molar-refractivity contribution in [2.75, 3.05) is 5.32 Å². The van der Waals surface area contributed by atoms with Crippen LogP contribution in [0.25, 0.3) is 0 Å². The number of amides is 1. The molecule has 0 aliphatic rings. The molecule has 1 N–H and O–H groups in total. The third kappa shape index (κ3) is 4.14. The van der Waals surface area contributed by atoms with Gasteiger partial charge >= 0.3 is 0 Å². The number of carbonyl (C=O) groups is 1. The van der Waals surface area contributed by atoms with E-state index < -0.39 is 6.10 Å². The summed E-state index contributed by atoms with van der Waals surface area (Å²) in [5, 5.41) is 12.0. The molecule has 0 aliphatic carbocycles. The Morgan fingerprint density at radius 3 is 2.42 bits per heavy atom. The quantitative estimate of drug-likeness (QED) is 0.914. The van der Waals surface area contributed by atoms with Crippen LogP contribution in [0.3, 0.4) is 0 Å². The van der Waals surface area contributed by atoms with Crippen LogP contribution in [-0.2, 0) is 10.2 Å². The number of hydrogen-bond donors (Lipinski definition) is 1. The van der Waals surface area contributed by atoms with E-state index in [1.165, 1.54) is 0 Å². The van der Waals surface area contributed by atoms with E-state index in [1.54, 1.807) is 31.2 Å². The minimum Gasteiger partial charge on any atom is -0.480 e. The van der Waals surface area contributed by atoms with Gasteiger partial charge in [0, 0.05) is 5.69 Å². The van der Waals surface area contributed by atoms with E-state index in [0.29, 0.717) is 11.3 Å². The van der Waals surface area contributed by atoms with E-state index in [-0.39, 0.29) is 11.3 Å². The lowest BCUT2D eigenvalue weighted by molar-refractivity contribution is -0.122. The zero-order valence-electron chi connectivity index (χ0n) is 14.5. The second-order valence-corrected chi connectivity index (χ2v) is 6.65. The number of ether oxygens (including phenoxy) is 1. The number of hydrogen-bond acceptors (Lipinski definition) is 3.